The lowest BCUT2D eigenvalue weighted by atomic mass is 9.82. The summed E-state index contributed by atoms with van der Waals surface area (Å²) in [5.41, 5.74) is 6.10. The van der Waals surface area contributed by atoms with Crippen LogP contribution in [0, 0.1) is 0 Å². The molecule has 2 rings (SSSR count). The van der Waals surface area contributed by atoms with Crippen molar-refractivity contribution in [1.82, 2.24) is 10.2 Å². The van der Waals surface area contributed by atoms with E-state index in [1.807, 2.05) is 0 Å². The minimum atomic E-state index is 0.199. The van der Waals surface area contributed by atoms with Crippen LogP contribution in [0.5, 0.6) is 0 Å². The summed E-state index contributed by atoms with van der Waals surface area (Å²) >= 11 is 0. The van der Waals surface area contributed by atoms with Gasteiger partial charge >= 0.3 is 0 Å². The first-order valence-corrected chi connectivity index (χ1v) is 7.48. The predicted octanol–water partition coefficient (Wildman–Crippen LogP) is 1.25. The van der Waals surface area contributed by atoms with Gasteiger partial charge in [0, 0.05) is 37.6 Å². The Labute approximate surface area is 110 Å². The highest BCUT2D eigenvalue weighted by atomic mass is 16.1. The smallest absolute Gasteiger partial charge is 0.221 e. The third-order valence-corrected chi connectivity index (χ3v) is 4.33. The van der Waals surface area contributed by atoms with Crippen LogP contribution in [0.25, 0.3) is 0 Å². The third kappa shape index (κ3) is 3.45. The van der Waals surface area contributed by atoms with E-state index >= 15 is 0 Å². The van der Waals surface area contributed by atoms with E-state index < -0.39 is 0 Å². The standard InChI is InChI=1S/C14H27N3O/c1-2-7-16-14(18)6-8-17-12-4-3-5-13(17)10-11(15)9-12/h11-13H,2-10,15H2,1H3,(H,16,18). The lowest BCUT2D eigenvalue weighted by Crippen LogP contribution is -2.55. The zero-order valence-electron chi connectivity index (χ0n) is 11.5. The van der Waals surface area contributed by atoms with Gasteiger partial charge in [-0.3, -0.25) is 9.69 Å². The van der Waals surface area contributed by atoms with Crippen LogP contribution in [0.2, 0.25) is 0 Å². The van der Waals surface area contributed by atoms with Gasteiger partial charge in [-0.15, -0.1) is 0 Å². The first-order chi connectivity index (χ1) is 8.70. The van der Waals surface area contributed by atoms with Crippen LogP contribution in [-0.4, -0.2) is 42.0 Å². The minimum absolute atomic E-state index is 0.199. The van der Waals surface area contributed by atoms with Crippen molar-refractivity contribution in [2.24, 2.45) is 5.73 Å². The van der Waals surface area contributed by atoms with E-state index in [1.165, 1.54) is 19.3 Å². The van der Waals surface area contributed by atoms with Gasteiger partial charge in [-0.1, -0.05) is 13.3 Å². The van der Waals surface area contributed by atoms with Crippen LogP contribution in [0.3, 0.4) is 0 Å². The molecular weight excluding hydrogens is 226 g/mol. The fraction of sp³-hybridized carbons (Fsp3) is 0.929. The van der Waals surface area contributed by atoms with Gasteiger partial charge in [0.25, 0.3) is 0 Å². The van der Waals surface area contributed by atoms with Crippen molar-refractivity contribution < 1.29 is 4.79 Å². The van der Waals surface area contributed by atoms with Crippen LogP contribution in [0.1, 0.15) is 51.9 Å². The molecule has 2 bridgehead atoms. The average Bonchev–Trinajstić information content (AvgIpc) is 2.33. The van der Waals surface area contributed by atoms with Gasteiger partial charge in [-0.05, 0) is 32.1 Å². The van der Waals surface area contributed by atoms with Crippen LogP contribution in [0.15, 0.2) is 0 Å². The Kier molecular flexibility index (Phi) is 5.01. The molecule has 4 nitrogen and oxygen atoms in total. The Morgan fingerprint density at radius 2 is 2.00 bits per heavy atom. The highest BCUT2D eigenvalue weighted by Gasteiger charge is 2.36. The lowest BCUT2D eigenvalue weighted by molar-refractivity contribution is -0.122. The third-order valence-electron chi connectivity index (χ3n) is 4.33. The van der Waals surface area contributed by atoms with Crippen LogP contribution < -0.4 is 11.1 Å². The van der Waals surface area contributed by atoms with Crippen molar-refractivity contribution in [2.45, 2.75) is 70.0 Å². The van der Waals surface area contributed by atoms with Crippen LogP contribution in [-0.2, 0) is 4.79 Å². The molecular formula is C14H27N3O. The molecule has 2 fully saturated rings. The number of carbonyl (C=O) groups is 1. The Bertz CT molecular complexity index is 268. The number of amides is 1. The van der Waals surface area contributed by atoms with Crippen molar-refractivity contribution in [3.8, 4) is 0 Å². The number of nitrogens with one attached hydrogen (secondary N) is 1. The van der Waals surface area contributed by atoms with Crippen molar-refractivity contribution in [3.05, 3.63) is 0 Å². The number of hydrogen-bond donors (Lipinski definition) is 2. The fourth-order valence-electron chi connectivity index (χ4n) is 3.47. The topological polar surface area (TPSA) is 58.4 Å². The molecule has 0 aliphatic carbocycles. The Hall–Kier alpha value is -0.610. The van der Waals surface area contributed by atoms with Gasteiger partial charge < -0.3 is 11.1 Å². The summed E-state index contributed by atoms with van der Waals surface area (Å²) in [5.74, 6) is 0.199. The molecule has 2 atom stereocenters. The van der Waals surface area contributed by atoms with Gasteiger partial charge in [0.2, 0.25) is 5.91 Å². The average molecular weight is 253 g/mol. The molecule has 2 saturated heterocycles. The van der Waals surface area contributed by atoms with E-state index in [1.54, 1.807) is 0 Å². The monoisotopic (exact) mass is 253 g/mol. The second-order valence-corrected chi connectivity index (χ2v) is 5.81. The molecule has 1 amide bonds. The molecule has 0 aromatic rings. The largest absolute Gasteiger partial charge is 0.356 e. The highest BCUT2D eigenvalue weighted by molar-refractivity contribution is 5.76. The second kappa shape index (κ2) is 6.53. The van der Waals surface area contributed by atoms with Gasteiger partial charge in [0.15, 0.2) is 0 Å². The van der Waals surface area contributed by atoms with Crippen molar-refractivity contribution in [3.63, 3.8) is 0 Å². The van der Waals surface area contributed by atoms with Crippen molar-refractivity contribution in [1.29, 1.82) is 0 Å². The highest BCUT2D eigenvalue weighted by Crippen LogP contribution is 2.33. The summed E-state index contributed by atoms with van der Waals surface area (Å²) in [5, 5.41) is 2.96. The molecule has 4 heteroatoms. The molecule has 0 aromatic carbocycles. The Morgan fingerprint density at radius 3 is 2.61 bits per heavy atom. The summed E-state index contributed by atoms with van der Waals surface area (Å²) in [7, 11) is 0. The summed E-state index contributed by atoms with van der Waals surface area (Å²) in [6.07, 6.45) is 7.75. The quantitative estimate of drug-likeness (QED) is 0.775. The lowest BCUT2D eigenvalue weighted by Gasteiger charge is -2.48. The summed E-state index contributed by atoms with van der Waals surface area (Å²) in [6.45, 7) is 3.80. The van der Waals surface area contributed by atoms with Gasteiger partial charge in [-0.2, -0.15) is 0 Å². The van der Waals surface area contributed by atoms with E-state index in [0.717, 1.165) is 32.4 Å². The molecule has 2 unspecified atom stereocenters. The maximum absolute atomic E-state index is 11.7. The zero-order chi connectivity index (χ0) is 13.0. The van der Waals surface area contributed by atoms with E-state index in [9.17, 15) is 4.79 Å². The second-order valence-electron chi connectivity index (χ2n) is 5.81. The predicted molar refractivity (Wildman–Crippen MR) is 73.3 cm³/mol. The Morgan fingerprint density at radius 1 is 1.33 bits per heavy atom. The van der Waals surface area contributed by atoms with E-state index in [-0.39, 0.29) is 5.91 Å². The minimum Gasteiger partial charge on any atom is -0.356 e. The number of hydrogen-bond acceptors (Lipinski definition) is 3. The molecule has 0 aromatic heterocycles. The Balaban J connectivity index is 1.79. The van der Waals surface area contributed by atoms with Gasteiger partial charge in [0.05, 0.1) is 0 Å². The van der Waals surface area contributed by atoms with Gasteiger partial charge in [-0.25, -0.2) is 0 Å². The first kappa shape index (κ1) is 13.8. The maximum atomic E-state index is 11.7. The summed E-state index contributed by atoms with van der Waals surface area (Å²) in [6, 6.07) is 1.64. The summed E-state index contributed by atoms with van der Waals surface area (Å²) in [4.78, 5) is 14.2. The molecule has 2 aliphatic rings. The van der Waals surface area contributed by atoms with Crippen LogP contribution >= 0.6 is 0 Å². The van der Waals surface area contributed by atoms with Crippen molar-refractivity contribution >= 4 is 5.91 Å². The first-order valence-electron chi connectivity index (χ1n) is 7.48. The molecule has 18 heavy (non-hydrogen) atoms. The number of fused-ring (bicyclic) bond motifs is 2. The molecule has 0 radical (unpaired) electrons. The number of rotatable bonds is 5. The van der Waals surface area contributed by atoms with Crippen molar-refractivity contribution in [2.75, 3.05) is 13.1 Å². The maximum Gasteiger partial charge on any atom is 0.221 e. The zero-order valence-corrected chi connectivity index (χ0v) is 11.5. The van der Waals surface area contributed by atoms with E-state index in [2.05, 4.69) is 17.1 Å². The normalized spacial score (nSPS) is 32.2. The molecule has 2 heterocycles. The number of nitrogens with two attached hydrogens (primary N) is 1. The van der Waals surface area contributed by atoms with Crippen LogP contribution in [0.4, 0.5) is 0 Å². The molecule has 2 aliphatic heterocycles. The molecule has 0 saturated carbocycles. The van der Waals surface area contributed by atoms with E-state index in [0.29, 0.717) is 24.5 Å². The molecule has 0 spiro atoms. The molecule has 104 valence electrons. The summed E-state index contributed by atoms with van der Waals surface area (Å²) < 4.78 is 0. The number of carbonyl (C=O) groups excluding carboxylic acids is 1. The van der Waals surface area contributed by atoms with E-state index in [4.69, 9.17) is 5.73 Å². The fourth-order valence-corrected chi connectivity index (χ4v) is 3.47. The molecule has 3 N–H and O–H groups in total. The van der Waals surface area contributed by atoms with Gasteiger partial charge in [0.1, 0.15) is 0 Å². The number of piperidine rings is 2. The number of nitrogens with zero attached hydrogens (tertiary/aromatic N) is 1. The SMILES string of the molecule is CCCNC(=O)CCN1C2CCCC1CC(N)C2.